The van der Waals surface area contributed by atoms with Crippen molar-refractivity contribution < 1.29 is 9.53 Å². The van der Waals surface area contributed by atoms with Crippen LogP contribution in [-0.2, 0) is 11.2 Å². The fraction of sp³-hybridized carbons (Fsp3) is 0.200. The fourth-order valence-corrected chi connectivity index (χ4v) is 2.74. The van der Waals surface area contributed by atoms with Gasteiger partial charge in [-0.3, -0.25) is 9.78 Å². The topological polar surface area (TPSA) is 65.2 Å². The molecule has 2 heterocycles. The number of benzene rings is 1. The van der Waals surface area contributed by atoms with E-state index in [4.69, 9.17) is 22.1 Å². The summed E-state index contributed by atoms with van der Waals surface area (Å²) in [5.41, 5.74) is 8.84. The Balaban J connectivity index is 2.20. The number of nitrogens with zero attached hydrogens (tertiary/aromatic N) is 1. The lowest BCUT2D eigenvalue weighted by atomic mass is 9.92. The molecule has 1 aliphatic rings. The van der Waals surface area contributed by atoms with Gasteiger partial charge in [-0.05, 0) is 36.8 Å². The SMILES string of the molecule is CC1Oc2cc(Cl)ccc2-c2ccnc(CC(N)=O)c21. The lowest BCUT2D eigenvalue weighted by Crippen LogP contribution is -2.20. The number of primary amides is 1. The molecule has 3 rings (SSSR count). The van der Waals surface area contributed by atoms with E-state index < -0.39 is 5.91 Å². The normalized spacial score (nSPS) is 16.0. The van der Waals surface area contributed by atoms with E-state index in [9.17, 15) is 4.79 Å². The van der Waals surface area contributed by atoms with Crippen LogP contribution in [-0.4, -0.2) is 10.9 Å². The molecule has 0 radical (unpaired) electrons. The molecule has 0 aliphatic carbocycles. The van der Waals surface area contributed by atoms with Gasteiger partial charge in [0.2, 0.25) is 5.91 Å². The van der Waals surface area contributed by atoms with E-state index in [0.717, 1.165) is 22.4 Å². The molecule has 1 aromatic carbocycles. The van der Waals surface area contributed by atoms with Crippen LogP contribution in [0.2, 0.25) is 5.02 Å². The molecule has 0 spiro atoms. The number of hydrogen-bond donors (Lipinski definition) is 1. The van der Waals surface area contributed by atoms with Crippen molar-refractivity contribution in [2.75, 3.05) is 0 Å². The van der Waals surface area contributed by atoms with Crippen molar-refractivity contribution in [2.45, 2.75) is 19.4 Å². The molecule has 1 aromatic heterocycles. The maximum atomic E-state index is 11.2. The Morgan fingerprint density at radius 3 is 2.95 bits per heavy atom. The molecule has 0 saturated carbocycles. The fourth-order valence-electron chi connectivity index (χ4n) is 2.58. The van der Waals surface area contributed by atoms with Crippen molar-refractivity contribution in [3.8, 4) is 16.9 Å². The number of fused-ring (bicyclic) bond motifs is 3. The predicted molar refractivity (Wildman–Crippen MR) is 76.6 cm³/mol. The molecule has 0 bridgehead atoms. The van der Waals surface area contributed by atoms with E-state index in [2.05, 4.69) is 4.98 Å². The molecule has 102 valence electrons. The van der Waals surface area contributed by atoms with Gasteiger partial charge in [0.1, 0.15) is 11.9 Å². The highest BCUT2D eigenvalue weighted by Crippen LogP contribution is 2.44. The average molecular weight is 289 g/mol. The zero-order valence-electron chi connectivity index (χ0n) is 10.9. The van der Waals surface area contributed by atoms with Gasteiger partial charge < -0.3 is 10.5 Å². The van der Waals surface area contributed by atoms with Gasteiger partial charge in [0.05, 0.1) is 12.1 Å². The number of carbonyl (C=O) groups excluding carboxylic acids is 1. The van der Waals surface area contributed by atoms with Crippen LogP contribution in [0, 0.1) is 0 Å². The molecule has 2 N–H and O–H groups in total. The van der Waals surface area contributed by atoms with E-state index in [-0.39, 0.29) is 12.5 Å². The van der Waals surface area contributed by atoms with Crippen molar-refractivity contribution in [1.82, 2.24) is 4.98 Å². The average Bonchev–Trinajstić information content (AvgIpc) is 2.37. The van der Waals surface area contributed by atoms with Crippen LogP contribution in [0.25, 0.3) is 11.1 Å². The summed E-state index contributed by atoms with van der Waals surface area (Å²) < 4.78 is 5.88. The molecule has 1 amide bonds. The lowest BCUT2D eigenvalue weighted by Gasteiger charge is -2.28. The Morgan fingerprint density at radius 1 is 1.40 bits per heavy atom. The van der Waals surface area contributed by atoms with Gasteiger partial charge in [0, 0.05) is 22.3 Å². The molecular formula is C15H13ClN2O2. The van der Waals surface area contributed by atoms with Crippen LogP contribution in [0.15, 0.2) is 30.5 Å². The standard InChI is InChI=1S/C15H13ClN2O2/c1-8-15-11(4-5-18-12(15)7-14(17)19)10-3-2-9(16)6-13(10)20-8/h2-6,8H,7H2,1H3,(H2,17,19). The van der Waals surface area contributed by atoms with Crippen molar-refractivity contribution >= 4 is 17.5 Å². The van der Waals surface area contributed by atoms with Crippen molar-refractivity contribution in [1.29, 1.82) is 0 Å². The first-order valence-corrected chi connectivity index (χ1v) is 6.66. The van der Waals surface area contributed by atoms with Crippen molar-refractivity contribution in [3.63, 3.8) is 0 Å². The first-order chi connectivity index (χ1) is 9.56. The largest absolute Gasteiger partial charge is 0.485 e. The van der Waals surface area contributed by atoms with E-state index in [1.54, 1.807) is 12.3 Å². The number of pyridine rings is 1. The zero-order chi connectivity index (χ0) is 14.3. The molecule has 0 fully saturated rings. The summed E-state index contributed by atoms with van der Waals surface area (Å²) in [6.45, 7) is 1.93. The van der Waals surface area contributed by atoms with E-state index >= 15 is 0 Å². The second-order valence-electron chi connectivity index (χ2n) is 4.76. The van der Waals surface area contributed by atoms with Crippen LogP contribution >= 0.6 is 11.6 Å². The Labute approximate surface area is 121 Å². The summed E-state index contributed by atoms with van der Waals surface area (Å²) in [6, 6.07) is 7.45. The number of nitrogens with two attached hydrogens (primary N) is 1. The van der Waals surface area contributed by atoms with Gasteiger partial charge in [-0.25, -0.2) is 0 Å². The predicted octanol–water partition coefficient (Wildman–Crippen LogP) is 2.88. The summed E-state index contributed by atoms with van der Waals surface area (Å²) in [6.07, 6.45) is 1.60. The number of aromatic nitrogens is 1. The maximum absolute atomic E-state index is 11.2. The minimum atomic E-state index is -0.403. The summed E-state index contributed by atoms with van der Waals surface area (Å²) in [5, 5.41) is 0.630. The first-order valence-electron chi connectivity index (χ1n) is 6.29. The Bertz CT molecular complexity index is 700. The number of halogens is 1. The summed E-state index contributed by atoms with van der Waals surface area (Å²) in [7, 11) is 0. The number of rotatable bonds is 2. The van der Waals surface area contributed by atoms with Gasteiger partial charge in [0.15, 0.2) is 0 Å². The Morgan fingerprint density at radius 2 is 2.20 bits per heavy atom. The lowest BCUT2D eigenvalue weighted by molar-refractivity contribution is -0.117. The van der Waals surface area contributed by atoms with Crippen LogP contribution in [0.5, 0.6) is 5.75 Å². The van der Waals surface area contributed by atoms with E-state index in [1.807, 2.05) is 25.1 Å². The summed E-state index contributed by atoms with van der Waals surface area (Å²) >= 11 is 6.00. The molecule has 2 aromatic rings. The molecule has 20 heavy (non-hydrogen) atoms. The maximum Gasteiger partial charge on any atom is 0.223 e. The Kier molecular flexibility index (Phi) is 3.10. The Hall–Kier alpha value is -2.07. The summed E-state index contributed by atoms with van der Waals surface area (Å²) in [4.78, 5) is 15.4. The third-order valence-electron chi connectivity index (χ3n) is 3.36. The number of carbonyl (C=O) groups is 1. The van der Waals surface area contributed by atoms with Gasteiger partial charge in [-0.1, -0.05) is 11.6 Å². The smallest absolute Gasteiger partial charge is 0.223 e. The third-order valence-corrected chi connectivity index (χ3v) is 3.59. The van der Waals surface area contributed by atoms with Gasteiger partial charge in [-0.2, -0.15) is 0 Å². The number of hydrogen-bond acceptors (Lipinski definition) is 3. The zero-order valence-corrected chi connectivity index (χ0v) is 11.6. The van der Waals surface area contributed by atoms with Gasteiger partial charge in [-0.15, -0.1) is 0 Å². The highest BCUT2D eigenvalue weighted by atomic mass is 35.5. The molecule has 1 aliphatic heterocycles. The minimum Gasteiger partial charge on any atom is -0.485 e. The molecule has 0 saturated heterocycles. The van der Waals surface area contributed by atoms with E-state index in [1.165, 1.54) is 0 Å². The third kappa shape index (κ3) is 2.12. The molecule has 1 unspecified atom stereocenters. The second kappa shape index (κ2) is 4.80. The van der Waals surface area contributed by atoms with Crippen LogP contribution in [0.3, 0.4) is 0 Å². The molecule has 1 atom stereocenters. The van der Waals surface area contributed by atoms with Crippen molar-refractivity contribution in [2.24, 2.45) is 5.73 Å². The van der Waals surface area contributed by atoms with Crippen LogP contribution < -0.4 is 10.5 Å². The first kappa shape index (κ1) is 12.9. The van der Waals surface area contributed by atoms with Gasteiger partial charge >= 0.3 is 0 Å². The quantitative estimate of drug-likeness (QED) is 0.924. The monoisotopic (exact) mass is 288 g/mol. The number of ether oxygens (including phenoxy) is 1. The van der Waals surface area contributed by atoms with Crippen molar-refractivity contribution in [3.05, 3.63) is 46.7 Å². The number of amides is 1. The molecular weight excluding hydrogens is 276 g/mol. The molecule has 4 nitrogen and oxygen atoms in total. The summed E-state index contributed by atoms with van der Waals surface area (Å²) in [5.74, 6) is 0.341. The van der Waals surface area contributed by atoms with Gasteiger partial charge in [0.25, 0.3) is 0 Å². The highest BCUT2D eigenvalue weighted by Gasteiger charge is 2.26. The van der Waals surface area contributed by atoms with Crippen LogP contribution in [0.4, 0.5) is 0 Å². The highest BCUT2D eigenvalue weighted by molar-refractivity contribution is 6.30. The minimum absolute atomic E-state index is 0.111. The molecule has 5 heteroatoms. The van der Waals surface area contributed by atoms with Crippen LogP contribution in [0.1, 0.15) is 24.3 Å². The second-order valence-corrected chi connectivity index (χ2v) is 5.20. The van der Waals surface area contributed by atoms with E-state index in [0.29, 0.717) is 10.7 Å².